The van der Waals surface area contributed by atoms with Gasteiger partial charge in [-0.3, -0.25) is 4.98 Å². The van der Waals surface area contributed by atoms with Crippen molar-refractivity contribution in [1.29, 1.82) is 0 Å². The fraction of sp³-hybridized carbons (Fsp3) is 0.438. The van der Waals surface area contributed by atoms with Crippen LogP contribution in [0, 0.1) is 0 Å². The predicted molar refractivity (Wildman–Crippen MR) is 91.8 cm³/mol. The van der Waals surface area contributed by atoms with Gasteiger partial charge in [0.05, 0.1) is 17.4 Å². The molecule has 1 aliphatic rings. The Morgan fingerprint density at radius 1 is 1.30 bits per heavy atom. The van der Waals surface area contributed by atoms with Gasteiger partial charge in [0.15, 0.2) is 0 Å². The quantitative estimate of drug-likeness (QED) is 0.831. The molecule has 0 amide bonds. The smallest absolute Gasteiger partial charge is 0.253 e. The second-order valence-electron chi connectivity index (χ2n) is 6.00. The van der Waals surface area contributed by atoms with Gasteiger partial charge < -0.3 is 4.90 Å². The minimum atomic E-state index is -3.43. The van der Waals surface area contributed by atoms with Gasteiger partial charge in [0.2, 0.25) is 0 Å². The van der Waals surface area contributed by atoms with Crippen LogP contribution in [0.25, 0.3) is 0 Å². The first-order valence-electron chi connectivity index (χ1n) is 7.64. The fourth-order valence-corrected chi connectivity index (χ4v) is 5.73. The van der Waals surface area contributed by atoms with E-state index < -0.39 is 10.0 Å². The molecule has 7 heteroatoms. The summed E-state index contributed by atoms with van der Waals surface area (Å²) in [5.74, 6) is 0. The van der Waals surface area contributed by atoms with Gasteiger partial charge in [-0.2, -0.15) is 4.31 Å². The van der Waals surface area contributed by atoms with Gasteiger partial charge in [0, 0.05) is 13.1 Å². The number of hydrogen-bond donors (Lipinski definition) is 0. The summed E-state index contributed by atoms with van der Waals surface area (Å²) in [5, 5.41) is 1.80. The van der Waals surface area contributed by atoms with Crippen molar-refractivity contribution in [3.8, 4) is 0 Å². The van der Waals surface area contributed by atoms with Crippen LogP contribution in [0.15, 0.2) is 39.9 Å². The van der Waals surface area contributed by atoms with E-state index in [0.29, 0.717) is 10.8 Å². The molecule has 0 saturated carbocycles. The third-order valence-corrected chi connectivity index (χ3v) is 7.19. The highest BCUT2D eigenvalue weighted by Crippen LogP contribution is 2.36. The third kappa shape index (κ3) is 3.47. The highest BCUT2D eigenvalue weighted by molar-refractivity contribution is 7.91. The van der Waals surface area contributed by atoms with Crippen molar-refractivity contribution < 1.29 is 8.42 Å². The standard InChI is InChI=1S/C16H21N3O2S2/c1-18(2)12-13-6-3-7-14(17-13)15-8-4-10-19(15)23(20,21)16-9-5-11-22-16/h3,5-7,9,11,15H,4,8,10,12H2,1-2H3. The van der Waals surface area contributed by atoms with E-state index in [0.717, 1.165) is 30.8 Å². The maximum absolute atomic E-state index is 12.8. The summed E-state index contributed by atoms with van der Waals surface area (Å²) in [6.07, 6.45) is 1.69. The normalized spacial score (nSPS) is 19.5. The van der Waals surface area contributed by atoms with Gasteiger partial charge in [-0.1, -0.05) is 12.1 Å². The molecule has 5 nitrogen and oxygen atoms in total. The molecule has 2 aromatic rings. The average Bonchev–Trinajstić information content (AvgIpc) is 3.19. The van der Waals surface area contributed by atoms with E-state index in [1.54, 1.807) is 21.8 Å². The molecule has 0 spiro atoms. The average molecular weight is 351 g/mol. The summed E-state index contributed by atoms with van der Waals surface area (Å²) in [6.45, 7) is 1.31. The maximum Gasteiger partial charge on any atom is 0.253 e. The van der Waals surface area contributed by atoms with Crippen molar-refractivity contribution in [2.24, 2.45) is 0 Å². The molecule has 0 aromatic carbocycles. The van der Waals surface area contributed by atoms with E-state index in [4.69, 9.17) is 4.98 Å². The molecule has 1 aliphatic heterocycles. The van der Waals surface area contributed by atoms with Gasteiger partial charge in [-0.05, 0) is 50.5 Å². The number of nitrogens with zero attached hydrogens (tertiary/aromatic N) is 3. The molecule has 0 radical (unpaired) electrons. The Hall–Kier alpha value is -1.28. The Morgan fingerprint density at radius 3 is 2.83 bits per heavy atom. The van der Waals surface area contributed by atoms with E-state index in [1.165, 1.54) is 11.3 Å². The molecule has 1 atom stereocenters. The Labute approximate surface area is 141 Å². The molecule has 23 heavy (non-hydrogen) atoms. The summed E-state index contributed by atoms with van der Waals surface area (Å²) in [6, 6.07) is 9.17. The van der Waals surface area contributed by atoms with Crippen LogP contribution in [-0.4, -0.2) is 43.2 Å². The van der Waals surface area contributed by atoms with Crippen molar-refractivity contribution in [3.63, 3.8) is 0 Å². The lowest BCUT2D eigenvalue weighted by atomic mass is 10.1. The van der Waals surface area contributed by atoms with Gasteiger partial charge in [0.1, 0.15) is 4.21 Å². The van der Waals surface area contributed by atoms with Crippen LogP contribution in [0.3, 0.4) is 0 Å². The zero-order valence-electron chi connectivity index (χ0n) is 13.3. The molecule has 124 valence electrons. The highest BCUT2D eigenvalue weighted by atomic mass is 32.2. The van der Waals surface area contributed by atoms with Gasteiger partial charge in [0.25, 0.3) is 10.0 Å². The number of sulfonamides is 1. The highest BCUT2D eigenvalue weighted by Gasteiger charge is 2.37. The summed E-state index contributed by atoms with van der Waals surface area (Å²) in [5.41, 5.74) is 1.81. The Bertz CT molecular complexity index is 757. The van der Waals surface area contributed by atoms with Crippen LogP contribution in [-0.2, 0) is 16.6 Å². The lowest BCUT2D eigenvalue weighted by Crippen LogP contribution is -2.30. The predicted octanol–water partition coefficient (Wildman–Crippen LogP) is 2.73. The summed E-state index contributed by atoms with van der Waals surface area (Å²) < 4.78 is 27.7. The number of hydrogen-bond acceptors (Lipinski definition) is 5. The summed E-state index contributed by atoms with van der Waals surface area (Å²) >= 11 is 1.27. The molecule has 0 aliphatic carbocycles. The van der Waals surface area contributed by atoms with E-state index >= 15 is 0 Å². The second-order valence-corrected chi connectivity index (χ2v) is 9.06. The van der Waals surface area contributed by atoms with Crippen LogP contribution < -0.4 is 0 Å². The van der Waals surface area contributed by atoms with E-state index in [2.05, 4.69) is 4.90 Å². The SMILES string of the molecule is CN(C)Cc1cccc(C2CCCN2S(=O)(=O)c2cccs2)n1. The Balaban J connectivity index is 1.90. The van der Waals surface area contributed by atoms with E-state index in [1.807, 2.05) is 32.3 Å². The first kappa shape index (κ1) is 16.6. The minimum Gasteiger partial charge on any atom is -0.304 e. The van der Waals surface area contributed by atoms with Gasteiger partial charge in [-0.25, -0.2) is 8.42 Å². The molecule has 2 aromatic heterocycles. The van der Waals surface area contributed by atoms with E-state index in [-0.39, 0.29) is 6.04 Å². The van der Waals surface area contributed by atoms with Crippen LogP contribution in [0.2, 0.25) is 0 Å². The van der Waals surface area contributed by atoms with Crippen molar-refractivity contribution in [1.82, 2.24) is 14.2 Å². The van der Waals surface area contributed by atoms with Crippen molar-refractivity contribution in [2.45, 2.75) is 29.6 Å². The zero-order valence-corrected chi connectivity index (χ0v) is 15.0. The molecule has 0 bridgehead atoms. The van der Waals surface area contributed by atoms with Crippen molar-refractivity contribution in [2.75, 3.05) is 20.6 Å². The van der Waals surface area contributed by atoms with Gasteiger partial charge >= 0.3 is 0 Å². The number of thiophene rings is 1. The largest absolute Gasteiger partial charge is 0.304 e. The first-order chi connectivity index (χ1) is 11.0. The fourth-order valence-electron chi connectivity index (χ4n) is 2.95. The summed E-state index contributed by atoms with van der Waals surface area (Å²) in [4.78, 5) is 6.75. The Morgan fingerprint density at radius 2 is 2.13 bits per heavy atom. The van der Waals surface area contributed by atoms with Gasteiger partial charge in [-0.15, -0.1) is 11.3 Å². The van der Waals surface area contributed by atoms with Crippen LogP contribution in [0.1, 0.15) is 30.3 Å². The summed E-state index contributed by atoms with van der Waals surface area (Å²) in [7, 11) is 0.568. The molecule has 0 N–H and O–H groups in total. The number of rotatable bonds is 5. The third-order valence-electron chi connectivity index (χ3n) is 3.91. The molecular weight excluding hydrogens is 330 g/mol. The maximum atomic E-state index is 12.8. The molecule has 1 saturated heterocycles. The molecule has 1 fully saturated rings. The lowest BCUT2D eigenvalue weighted by Gasteiger charge is -2.23. The lowest BCUT2D eigenvalue weighted by molar-refractivity contribution is 0.380. The topological polar surface area (TPSA) is 53.5 Å². The van der Waals surface area contributed by atoms with Crippen molar-refractivity contribution in [3.05, 3.63) is 47.1 Å². The molecular formula is C16H21N3O2S2. The van der Waals surface area contributed by atoms with E-state index in [9.17, 15) is 8.42 Å². The number of aromatic nitrogens is 1. The molecule has 3 heterocycles. The Kier molecular flexibility index (Phi) is 4.82. The van der Waals surface area contributed by atoms with Crippen LogP contribution >= 0.6 is 11.3 Å². The minimum absolute atomic E-state index is 0.163. The number of pyridine rings is 1. The zero-order chi connectivity index (χ0) is 16.4. The molecule has 3 rings (SSSR count). The second kappa shape index (κ2) is 6.68. The van der Waals surface area contributed by atoms with Crippen LogP contribution in [0.4, 0.5) is 0 Å². The van der Waals surface area contributed by atoms with Crippen molar-refractivity contribution >= 4 is 21.4 Å². The molecule has 1 unspecified atom stereocenters. The monoisotopic (exact) mass is 351 g/mol. The first-order valence-corrected chi connectivity index (χ1v) is 9.96. The van der Waals surface area contributed by atoms with Crippen LogP contribution in [0.5, 0.6) is 0 Å².